The molecule has 3 nitrogen and oxygen atoms in total. The molecule has 0 aliphatic rings. The molecule has 0 amide bonds. The Morgan fingerprint density at radius 3 is 2.39 bits per heavy atom. The van der Waals surface area contributed by atoms with Crippen molar-refractivity contribution in [2.75, 3.05) is 0 Å². The molecule has 144 valence electrons. The maximum absolute atomic E-state index is 12.5. The van der Waals surface area contributed by atoms with E-state index in [1.165, 1.54) is 0 Å². The number of ether oxygens (including phenoxy) is 2. The zero-order chi connectivity index (χ0) is 20.1. The number of fused-ring (bicyclic) bond motifs is 1. The highest BCUT2D eigenvalue weighted by Crippen LogP contribution is 2.32. The van der Waals surface area contributed by atoms with Crippen molar-refractivity contribution in [2.24, 2.45) is 0 Å². The van der Waals surface area contributed by atoms with E-state index >= 15 is 0 Å². The van der Waals surface area contributed by atoms with Crippen LogP contribution in [0.5, 0.6) is 0 Å². The third kappa shape index (κ3) is 4.80. The monoisotopic (exact) mass is 374 g/mol. The second kappa shape index (κ2) is 8.30. The number of hydrogen-bond donors (Lipinski definition) is 0. The Labute approximate surface area is 166 Å². The topological polar surface area (TPSA) is 35.5 Å². The van der Waals surface area contributed by atoms with Gasteiger partial charge < -0.3 is 9.47 Å². The van der Waals surface area contributed by atoms with Crippen LogP contribution in [-0.2, 0) is 15.9 Å². The second-order valence-electron chi connectivity index (χ2n) is 7.76. The highest BCUT2D eigenvalue weighted by Gasteiger charge is 2.25. The highest BCUT2D eigenvalue weighted by atomic mass is 16.7. The van der Waals surface area contributed by atoms with Crippen LogP contribution in [0.25, 0.3) is 10.8 Å². The van der Waals surface area contributed by atoms with Gasteiger partial charge in [-0.05, 0) is 55.2 Å². The molecule has 3 aromatic rings. The first-order valence-electron chi connectivity index (χ1n) is 9.44. The van der Waals surface area contributed by atoms with Gasteiger partial charge in [-0.15, -0.1) is 6.58 Å². The summed E-state index contributed by atoms with van der Waals surface area (Å²) in [5.74, 6) is 0. The first-order valence-corrected chi connectivity index (χ1v) is 9.44. The molecule has 0 saturated heterocycles. The quantitative estimate of drug-likeness (QED) is 0.372. The van der Waals surface area contributed by atoms with E-state index in [0.717, 1.165) is 27.5 Å². The summed E-state index contributed by atoms with van der Waals surface area (Å²) in [5.41, 5.74) is 2.29. The average molecular weight is 374 g/mol. The van der Waals surface area contributed by atoms with Crippen molar-refractivity contribution in [1.29, 1.82) is 0 Å². The number of benzene rings is 3. The van der Waals surface area contributed by atoms with Crippen molar-refractivity contribution in [3.05, 3.63) is 96.1 Å². The minimum absolute atomic E-state index is 0.560. The molecule has 1 atom stereocenters. The van der Waals surface area contributed by atoms with E-state index in [1.54, 1.807) is 0 Å². The molecule has 0 aliphatic carbocycles. The van der Waals surface area contributed by atoms with Gasteiger partial charge >= 0.3 is 6.16 Å². The molecule has 3 aromatic carbocycles. The van der Waals surface area contributed by atoms with Crippen LogP contribution >= 0.6 is 0 Å². The Hall–Kier alpha value is -3.07. The van der Waals surface area contributed by atoms with Crippen LogP contribution in [-0.4, -0.2) is 11.8 Å². The molecule has 0 aliphatic heterocycles. The SMILES string of the molecule is C=CCc1ccccc1C(OC(=O)OC(C)(C)C)c1ccc2ccccc2c1. The first-order chi connectivity index (χ1) is 13.4. The molecule has 3 heteroatoms. The van der Waals surface area contributed by atoms with Gasteiger partial charge in [0, 0.05) is 5.56 Å². The third-order valence-corrected chi connectivity index (χ3v) is 4.38. The lowest BCUT2D eigenvalue weighted by Crippen LogP contribution is -2.26. The Balaban J connectivity index is 2.05. The summed E-state index contributed by atoms with van der Waals surface area (Å²) in [7, 11) is 0. The molecule has 28 heavy (non-hydrogen) atoms. The summed E-state index contributed by atoms with van der Waals surface area (Å²) >= 11 is 0. The average Bonchev–Trinajstić information content (AvgIpc) is 2.65. The highest BCUT2D eigenvalue weighted by molar-refractivity contribution is 5.83. The third-order valence-electron chi connectivity index (χ3n) is 4.38. The van der Waals surface area contributed by atoms with Gasteiger partial charge in [0.05, 0.1) is 0 Å². The lowest BCUT2D eigenvalue weighted by molar-refractivity contribution is -0.0202. The Bertz CT molecular complexity index is 982. The lowest BCUT2D eigenvalue weighted by Gasteiger charge is -2.24. The largest absolute Gasteiger partial charge is 0.509 e. The van der Waals surface area contributed by atoms with Gasteiger partial charge in [-0.2, -0.15) is 0 Å². The van der Waals surface area contributed by atoms with E-state index in [4.69, 9.17) is 9.47 Å². The maximum atomic E-state index is 12.5. The van der Waals surface area contributed by atoms with E-state index in [-0.39, 0.29) is 0 Å². The fourth-order valence-corrected chi connectivity index (χ4v) is 3.18. The molecule has 0 radical (unpaired) electrons. The smallest absolute Gasteiger partial charge is 0.429 e. The summed E-state index contributed by atoms with van der Waals surface area (Å²) in [6.45, 7) is 9.32. The summed E-state index contributed by atoms with van der Waals surface area (Å²) in [5, 5.41) is 2.24. The standard InChI is InChI=1S/C25H26O3/c1-5-10-19-12-8-9-14-22(19)23(27-24(26)28-25(2,3)4)21-16-15-18-11-6-7-13-20(18)17-21/h5-9,11-17,23H,1,10H2,2-4H3. The second-order valence-corrected chi connectivity index (χ2v) is 7.76. The lowest BCUT2D eigenvalue weighted by atomic mass is 9.93. The van der Waals surface area contributed by atoms with E-state index in [1.807, 2.05) is 75.4 Å². The molecule has 0 saturated carbocycles. The van der Waals surface area contributed by atoms with Crippen molar-refractivity contribution >= 4 is 16.9 Å². The van der Waals surface area contributed by atoms with Crippen LogP contribution in [0.2, 0.25) is 0 Å². The van der Waals surface area contributed by atoms with Crippen LogP contribution < -0.4 is 0 Å². The van der Waals surface area contributed by atoms with Gasteiger partial charge in [0.2, 0.25) is 0 Å². The van der Waals surface area contributed by atoms with Crippen molar-refractivity contribution < 1.29 is 14.3 Å². The van der Waals surface area contributed by atoms with Crippen LogP contribution in [0.3, 0.4) is 0 Å². The molecular weight excluding hydrogens is 348 g/mol. The molecule has 0 spiro atoms. The number of carbonyl (C=O) groups is 1. The Morgan fingerprint density at radius 1 is 1.00 bits per heavy atom. The normalized spacial score (nSPS) is 12.4. The predicted molar refractivity (Wildman–Crippen MR) is 113 cm³/mol. The van der Waals surface area contributed by atoms with Crippen molar-refractivity contribution in [3.63, 3.8) is 0 Å². The van der Waals surface area contributed by atoms with Crippen molar-refractivity contribution in [1.82, 2.24) is 0 Å². The number of rotatable bonds is 5. The summed E-state index contributed by atoms with van der Waals surface area (Å²) in [6, 6.07) is 22.2. The molecule has 1 unspecified atom stereocenters. The summed E-state index contributed by atoms with van der Waals surface area (Å²) < 4.78 is 11.3. The van der Waals surface area contributed by atoms with Gasteiger partial charge in [-0.3, -0.25) is 0 Å². The molecule has 0 heterocycles. The van der Waals surface area contributed by atoms with Crippen LogP contribution in [0, 0.1) is 0 Å². The number of hydrogen-bond acceptors (Lipinski definition) is 3. The van der Waals surface area contributed by atoms with Gasteiger partial charge in [0.1, 0.15) is 5.60 Å². The zero-order valence-electron chi connectivity index (χ0n) is 16.6. The van der Waals surface area contributed by atoms with Crippen molar-refractivity contribution in [2.45, 2.75) is 38.9 Å². The summed E-state index contributed by atoms with van der Waals surface area (Å²) in [6.07, 6.45) is 1.30. The fourth-order valence-electron chi connectivity index (χ4n) is 3.18. The molecule has 0 aromatic heterocycles. The Morgan fingerprint density at radius 2 is 1.68 bits per heavy atom. The first kappa shape index (κ1) is 19.7. The summed E-state index contributed by atoms with van der Waals surface area (Å²) in [4.78, 5) is 12.5. The van der Waals surface area contributed by atoms with Crippen LogP contribution in [0.4, 0.5) is 4.79 Å². The molecule has 0 fully saturated rings. The number of carbonyl (C=O) groups excluding carboxylic acids is 1. The van der Waals surface area contributed by atoms with E-state index in [2.05, 4.69) is 24.8 Å². The van der Waals surface area contributed by atoms with Crippen LogP contribution in [0.1, 0.15) is 43.6 Å². The van der Waals surface area contributed by atoms with E-state index in [0.29, 0.717) is 6.42 Å². The minimum Gasteiger partial charge on any atom is -0.429 e. The van der Waals surface area contributed by atoms with Gasteiger partial charge in [0.25, 0.3) is 0 Å². The molecule has 0 N–H and O–H groups in total. The van der Waals surface area contributed by atoms with Gasteiger partial charge in [-0.1, -0.05) is 66.7 Å². The Kier molecular flexibility index (Phi) is 5.84. The maximum Gasteiger partial charge on any atom is 0.509 e. The number of allylic oxidation sites excluding steroid dienone is 1. The van der Waals surface area contributed by atoms with Crippen molar-refractivity contribution in [3.8, 4) is 0 Å². The molecule has 0 bridgehead atoms. The predicted octanol–water partition coefficient (Wildman–Crippen LogP) is 6.61. The van der Waals surface area contributed by atoms with Gasteiger partial charge in [0.15, 0.2) is 6.10 Å². The molecular formula is C25H26O3. The minimum atomic E-state index is -0.681. The van der Waals surface area contributed by atoms with E-state index in [9.17, 15) is 4.79 Å². The fraction of sp³-hybridized carbons (Fsp3) is 0.240. The molecule has 3 rings (SSSR count). The van der Waals surface area contributed by atoms with E-state index < -0.39 is 17.9 Å². The van der Waals surface area contributed by atoms with Gasteiger partial charge in [-0.25, -0.2) is 4.79 Å². The van der Waals surface area contributed by atoms with Crippen LogP contribution in [0.15, 0.2) is 79.4 Å². The zero-order valence-corrected chi connectivity index (χ0v) is 16.6.